The van der Waals surface area contributed by atoms with Crippen LogP contribution in [0.15, 0.2) is 0 Å². The first-order valence-electron chi connectivity index (χ1n) is 3.91. The molecule has 0 aromatic rings. The van der Waals surface area contributed by atoms with Crippen LogP contribution in [0.25, 0.3) is 0 Å². The average molecular weight is 197 g/mol. The largest absolute Gasteiger partial charge is 0.0776 e. The highest BCUT2D eigenvalue weighted by molar-refractivity contribution is 4.35. The molecule has 0 heteroatoms. The lowest BCUT2D eigenvalue weighted by Crippen LogP contribution is -1.70. The van der Waals surface area contributed by atoms with E-state index in [1.54, 1.807) is 0 Å². The molecule has 0 N–H and O–H groups in total. The Morgan fingerprint density at radius 3 is 1.38 bits per heavy atom. The van der Waals surface area contributed by atoms with Gasteiger partial charge in [0.1, 0.15) is 0 Å². The Kier molecular flexibility index (Phi) is 171. The topological polar surface area (TPSA) is 0 Å². The highest BCUT2D eigenvalue weighted by Crippen LogP contribution is 2.00. The van der Waals surface area contributed by atoms with Gasteiger partial charge in [0.15, 0.2) is 0 Å². The van der Waals surface area contributed by atoms with E-state index in [4.69, 9.17) is 1.37 Å². The molecule has 0 saturated carbocycles. The average Bonchev–Trinajstić information content (AvgIpc) is 1.81. The molecule has 0 unspecified atom stereocenters. The fourth-order valence-corrected chi connectivity index (χ4v) is 0.604. The zero-order valence-electron chi connectivity index (χ0n) is 6.24. The highest BCUT2D eigenvalue weighted by Gasteiger charge is 1.80. The number of hydrogen-bond donors (Lipinski definition) is 0. The third-order valence-electron chi connectivity index (χ3n) is 1.10. The molecule has 0 spiro atoms. The van der Waals surface area contributed by atoms with Crippen molar-refractivity contribution in [1.82, 2.24) is 0 Å². The second-order valence-corrected chi connectivity index (χ2v) is 1.91. The Balaban J connectivity index is -0.0000000163. The number of unbranched alkanes of at least 4 members (excludes halogenated alkanes) is 4. The van der Waals surface area contributed by atoms with Gasteiger partial charge in [-0.25, -0.2) is 0 Å². The van der Waals surface area contributed by atoms with E-state index in [0.717, 1.165) is 6.42 Å². The Morgan fingerprint density at radius 1 is 0.692 bits per heavy atom. The summed E-state index contributed by atoms with van der Waals surface area (Å²) in [6.07, 6.45) is 6.34. The van der Waals surface area contributed by atoms with E-state index >= 15 is 0 Å². The summed E-state index contributed by atoms with van der Waals surface area (Å²) in [4.78, 5) is 0. The van der Waals surface area contributed by atoms with Crippen molar-refractivity contribution in [3.63, 3.8) is 0 Å². The third kappa shape index (κ3) is 75.0. The van der Waals surface area contributed by atoms with Gasteiger partial charge in [0, 0.05) is 1.37 Å². The number of rotatable bonds is 4. The molecule has 0 heterocycles. The Hall–Kier alpha value is 0. The molecule has 0 aliphatic heterocycles. The highest BCUT2D eigenvalue weighted by atomic mass is 13.9. The van der Waals surface area contributed by atoms with Gasteiger partial charge in [-0.05, 0) is 0 Å². The van der Waals surface area contributed by atoms with Gasteiger partial charge >= 0.3 is 0 Å². The normalized spacial score (nSPS) is 6.08. The van der Waals surface area contributed by atoms with E-state index < -0.39 is 0 Å². The van der Waals surface area contributed by atoms with E-state index in [1.165, 1.54) is 25.7 Å². The molecule has 0 aliphatic carbocycles. The van der Waals surface area contributed by atoms with E-state index in [9.17, 15) is 0 Å². The predicted octanol–water partition coefficient (Wildman–Crippen LogP) is 6.79. The fraction of sp³-hybridized carbons (Fsp3) is 1.00. The van der Waals surface area contributed by atoms with E-state index in [0.29, 0.717) is 6.90 Å². The third-order valence-corrected chi connectivity index (χ3v) is 1.10. The summed E-state index contributed by atoms with van der Waals surface area (Å²) in [5.74, 6) is 0. The van der Waals surface area contributed by atoms with Crippen molar-refractivity contribution in [2.75, 3.05) is 0 Å². The first-order chi connectivity index (χ1) is 3.91. The Bertz CT molecular complexity index is 30.2. The van der Waals surface area contributed by atoms with Crippen LogP contribution in [0.3, 0.4) is 0 Å². The van der Waals surface area contributed by atoms with Gasteiger partial charge in [0.25, 0.3) is 0 Å². The van der Waals surface area contributed by atoms with Crippen LogP contribution in [-0.2, 0) is 0 Å². The van der Waals surface area contributed by atoms with Crippen LogP contribution in [0, 0.1) is 0 Å². The van der Waals surface area contributed by atoms with Crippen molar-refractivity contribution in [2.45, 2.75) is 90.5 Å². The predicted molar refractivity (Wildman–Crippen MR) is 74.8 cm³/mol. The summed E-state index contributed by atoms with van der Waals surface area (Å²) >= 11 is 0. The van der Waals surface area contributed by atoms with Crippen molar-refractivity contribution in [3.05, 3.63) is 0 Å². The fourth-order valence-electron chi connectivity index (χ4n) is 0.604. The summed E-state index contributed by atoms with van der Waals surface area (Å²) in [5, 5.41) is 0. The maximum absolute atomic E-state index is 6.84. The summed E-state index contributed by atoms with van der Waals surface area (Å²) in [5.41, 5.74) is 0. The first kappa shape index (κ1) is 38.2. The minimum Gasteiger partial charge on any atom is -0.0776 e. The molecular formula is C13H40. The molecular weight excluding hydrogens is 156 g/mol. The molecule has 0 radical (unpaired) electrons. The Labute approximate surface area is 92.6 Å². The van der Waals surface area contributed by atoms with Crippen molar-refractivity contribution >= 4 is 0 Å². The lowest BCUT2D eigenvalue weighted by molar-refractivity contribution is 0.656. The smallest absolute Gasteiger partial charge is 0.0230 e. The van der Waals surface area contributed by atoms with Crippen LogP contribution in [0.5, 0.6) is 0 Å². The summed E-state index contributed by atoms with van der Waals surface area (Å²) in [7, 11) is 0. The summed E-state index contributed by atoms with van der Waals surface area (Å²) in [6.45, 7) is 2.82. The molecule has 92 valence electrons. The van der Waals surface area contributed by atoms with Gasteiger partial charge in [-0.3, -0.25) is 0 Å². The van der Waals surface area contributed by atoms with Crippen LogP contribution in [0.4, 0.5) is 0 Å². The molecule has 0 nitrogen and oxygen atoms in total. The van der Waals surface area contributed by atoms with E-state index in [2.05, 4.69) is 6.92 Å². The van der Waals surface area contributed by atoms with Crippen molar-refractivity contribution < 1.29 is 1.37 Å². The van der Waals surface area contributed by atoms with Gasteiger partial charge < -0.3 is 0 Å². The quantitative estimate of drug-likeness (QED) is 0.435. The van der Waals surface area contributed by atoms with Crippen LogP contribution in [0.2, 0.25) is 0 Å². The first-order valence-corrected chi connectivity index (χ1v) is 3.21. The zero-order chi connectivity index (χ0) is 6.24. The van der Waals surface area contributed by atoms with E-state index in [-0.39, 0.29) is 44.6 Å². The van der Waals surface area contributed by atoms with Gasteiger partial charge in [-0.15, -0.1) is 0 Å². The Morgan fingerprint density at radius 2 is 1.08 bits per heavy atom. The minimum absolute atomic E-state index is 0. The van der Waals surface area contributed by atoms with Gasteiger partial charge in [-0.1, -0.05) is 90.5 Å². The summed E-state index contributed by atoms with van der Waals surface area (Å²) in [6, 6.07) is 0. The molecule has 0 atom stereocenters. The second kappa shape index (κ2) is 58.1. The van der Waals surface area contributed by atoms with Crippen molar-refractivity contribution in [3.8, 4) is 0 Å². The lowest BCUT2D eigenvalue weighted by atomic mass is 10.2. The molecule has 0 aromatic carbocycles. The molecule has 13 heavy (non-hydrogen) atoms. The standard InChI is InChI=1S/C7H16.6CH4/c1-3-5-7-6-4-2;;;;;;/h3-7H2,1-2H3;6*1H4/i1D;;;;;;. The molecule has 0 amide bonds. The minimum atomic E-state index is 0. The molecule has 0 bridgehead atoms. The van der Waals surface area contributed by atoms with Crippen molar-refractivity contribution in [2.24, 2.45) is 0 Å². The molecule has 0 rings (SSSR count). The monoisotopic (exact) mass is 197 g/mol. The lowest BCUT2D eigenvalue weighted by Gasteiger charge is -1.90. The van der Waals surface area contributed by atoms with Gasteiger partial charge in [0.05, 0.1) is 0 Å². The maximum Gasteiger partial charge on any atom is 0.0230 e. The zero-order valence-corrected chi connectivity index (χ0v) is 5.24. The molecule has 0 aromatic heterocycles. The molecule has 0 aliphatic rings. The van der Waals surface area contributed by atoms with Crippen LogP contribution < -0.4 is 0 Å². The SMILES string of the molecule is C.C.C.C.C.C.[2H]CCCCCCC. The van der Waals surface area contributed by atoms with Gasteiger partial charge in [0.2, 0.25) is 0 Å². The second-order valence-electron chi connectivity index (χ2n) is 1.91. The maximum atomic E-state index is 6.84. The number of hydrogen-bond acceptors (Lipinski definition) is 0. The van der Waals surface area contributed by atoms with Crippen LogP contribution in [-0.4, -0.2) is 0 Å². The summed E-state index contributed by atoms with van der Waals surface area (Å²) < 4.78 is 6.84. The van der Waals surface area contributed by atoms with Crippen molar-refractivity contribution in [1.29, 1.82) is 0 Å². The van der Waals surface area contributed by atoms with Crippen LogP contribution >= 0.6 is 0 Å². The molecule has 0 fully saturated rings. The molecule has 0 saturated heterocycles. The van der Waals surface area contributed by atoms with Gasteiger partial charge in [-0.2, -0.15) is 0 Å². The van der Waals surface area contributed by atoms with Crippen LogP contribution in [0.1, 0.15) is 91.9 Å². The van der Waals surface area contributed by atoms with E-state index in [1.807, 2.05) is 0 Å².